The van der Waals surface area contributed by atoms with Crippen molar-refractivity contribution >= 4 is 5.97 Å². The van der Waals surface area contributed by atoms with Crippen LogP contribution in [0.25, 0.3) is 0 Å². The summed E-state index contributed by atoms with van der Waals surface area (Å²) in [5, 5.41) is 19.1. The summed E-state index contributed by atoms with van der Waals surface area (Å²) in [5.41, 5.74) is -0.728. The van der Waals surface area contributed by atoms with Gasteiger partial charge in [0.15, 0.2) is 0 Å². The zero-order valence-corrected chi connectivity index (χ0v) is 9.95. The van der Waals surface area contributed by atoms with Gasteiger partial charge in [0.25, 0.3) is 0 Å². The predicted octanol–water partition coefficient (Wildman–Crippen LogP) is 1.81. The van der Waals surface area contributed by atoms with Crippen molar-refractivity contribution in [1.82, 2.24) is 0 Å². The minimum atomic E-state index is -0.760. The topological polar surface area (TPSA) is 66.8 Å². The van der Waals surface area contributed by atoms with E-state index in [0.29, 0.717) is 19.3 Å². The first-order valence-electron chi connectivity index (χ1n) is 6.01. The van der Waals surface area contributed by atoms with Gasteiger partial charge in [-0.2, -0.15) is 0 Å². The van der Waals surface area contributed by atoms with Crippen LogP contribution in [0.2, 0.25) is 0 Å². The SMILES string of the molecule is COCC(O)CC1(C(=O)O)CCCCCC1. The fourth-order valence-corrected chi connectivity index (χ4v) is 2.61. The van der Waals surface area contributed by atoms with Gasteiger partial charge in [-0.25, -0.2) is 0 Å². The van der Waals surface area contributed by atoms with E-state index in [1.54, 1.807) is 0 Å². The lowest BCUT2D eigenvalue weighted by Crippen LogP contribution is -2.35. The largest absolute Gasteiger partial charge is 0.481 e. The third-order valence-corrected chi connectivity index (χ3v) is 3.50. The lowest BCUT2D eigenvalue weighted by atomic mass is 9.76. The maximum absolute atomic E-state index is 11.4. The maximum atomic E-state index is 11.4. The second kappa shape index (κ2) is 6.21. The van der Waals surface area contributed by atoms with Crippen molar-refractivity contribution in [2.75, 3.05) is 13.7 Å². The van der Waals surface area contributed by atoms with Gasteiger partial charge in [0.1, 0.15) is 0 Å². The van der Waals surface area contributed by atoms with Crippen LogP contribution in [0.15, 0.2) is 0 Å². The molecule has 0 bridgehead atoms. The molecule has 1 saturated carbocycles. The second-order valence-electron chi connectivity index (χ2n) is 4.81. The number of aliphatic hydroxyl groups excluding tert-OH is 1. The van der Waals surface area contributed by atoms with Crippen LogP contribution < -0.4 is 0 Å². The second-order valence-corrected chi connectivity index (χ2v) is 4.81. The molecule has 0 radical (unpaired) electrons. The highest BCUT2D eigenvalue weighted by atomic mass is 16.5. The lowest BCUT2D eigenvalue weighted by Gasteiger charge is -2.30. The summed E-state index contributed by atoms with van der Waals surface area (Å²) >= 11 is 0. The highest BCUT2D eigenvalue weighted by Crippen LogP contribution is 2.39. The average Bonchev–Trinajstić information content (AvgIpc) is 2.44. The molecule has 4 nitrogen and oxygen atoms in total. The Kier molecular flexibility index (Phi) is 5.22. The average molecular weight is 230 g/mol. The van der Waals surface area contributed by atoms with Gasteiger partial charge in [-0.15, -0.1) is 0 Å². The van der Waals surface area contributed by atoms with Gasteiger partial charge in [-0.05, 0) is 19.3 Å². The molecule has 0 aromatic carbocycles. The van der Waals surface area contributed by atoms with Crippen LogP contribution >= 0.6 is 0 Å². The molecule has 0 saturated heterocycles. The van der Waals surface area contributed by atoms with Crippen molar-refractivity contribution in [3.8, 4) is 0 Å². The van der Waals surface area contributed by atoms with Gasteiger partial charge in [0.05, 0.1) is 18.1 Å². The van der Waals surface area contributed by atoms with Crippen molar-refractivity contribution in [3.63, 3.8) is 0 Å². The van der Waals surface area contributed by atoms with E-state index in [4.69, 9.17) is 4.74 Å². The molecule has 1 aliphatic carbocycles. The molecule has 4 heteroatoms. The van der Waals surface area contributed by atoms with E-state index in [9.17, 15) is 15.0 Å². The van der Waals surface area contributed by atoms with Crippen molar-refractivity contribution < 1.29 is 19.7 Å². The summed E-state index contributed by atoms with van der Waals surface area (Å²) in [6, 6.07) is 0. The van der Waals surface area contributed by atoms with E-state index in [2.05, 4.69) is 0 Å². The summed E-state index contributed by atoms with van der Waals surface area (Å²) in [6.45, 7) is 0.217. The van der Waals surface area contributed by atoms with Gasteiger partial charge in [-0.1, -0.05) is 25.7 Å². The van der Waals surface area contributed by atoms with Crippen LogP contribution in [-0.4, -0.2) is 36.0 Å². The Hall–Kier alpha value is -0.610. The fraction of sp³-hybridized carbons (Fsp3) is 0.917. The minimum absolute atomic E-state index is 0.217. The quantitative estimate of drug-likeness (QED) is 0.707. The Bertz CT molecular complexity index is 219. The summed E-state index contributed by atoms with van der Waals surface area (Å²) in [6.07, 6.45) is 5.13. The molecule has 16 heavy (non-hydrogen) atoms. The van der Waals surface area contributed by atoms with E-state index in [1.165, 1.54) is 7.11 Å². The van der Waals surface area contributed by atoms with Crippen molar-refractivity contribution in [3.05, 3.63) is 0 Å². The molecule has 0 amide bonds. The summed E-state index contributed by atoms with van der Waals surface area (Å²) in [5.74, 6) is -0.760. The highest BCUT2D eigenvalue weighted by molar-refractivity contribution is 5.74. The Morgan fingerprint density at radius 3 is 2.31 bits per heavy atom. The molecule has 1 fully saturated rings. The third-order valence-electron chi connectivity index (χ3n) is 3.50. The first kappa shape index (κ1) is 13.5. The summed E-state index contributed by atoms with van der Waals surface area (Å²) in [4.78, 5) is 11.4. The normalized spacial score (nSPS) is 22.4. The Morgan fingerprint density at radius 2 is 1.88 bits per heavy atom. The van der Waals surface area contributed by atoms with E-state index in [1.807, 2.05) is 0 Å². The molecule has 1 unspecified atom stereocenters. The number of hydrogen-bond donors (Lipinski definition) is 2. The van der Waals surface area contributed by atoms with Crippen LogP contribution in [0.4, 0.5) is 0 Å². The van der Waals surface area contributed by atoms with Crippen molar-refractivity contribution in [2.45, 2.75) is 51.0 Å². The van der Waals surface area contributed by atoms with Crippen molar-refractivity contribution in [1.29, 1.82) is 0 Å². The zero-order chi connectivity index (χ0) is 12.0. The van der Waals surface area contributed by atoms with Gasteiger partial charge < -0.3 is 14.9 Å². The number of aliphatic hydroxyl groups is 1. The molecular weight excluding hydrogens is 208 g/mol. The van der Waals surface area contributed by atoms with Crippen LogP contribution in [-0.2, 0) is 9.53 Å². The first-order valence-corrected chi connectivity index (χ1v) is 6.01. The molecule has 1 aliphatic rings. The molecule has 1 rings (SSSR count). The van der Waals surface area contributed by atoms with E-state index in [0.717, 1.165) is 25.7 Å². The van der Waals surface area contributed by atoms with Gasteiger partial charge in [0.2, 0.25) is 0 Å². The summed E-state index contributed by atoms with van der Waals surface area (Å²) < 4.78 is 4.86. The number of carbonyl (C=O) groups is 1. The van der Waals surface area contributed by atoms with Crippen LogP contribution in [0, 0.1) is 5.41 Å². The molecular formula is C12H22O4. The number of ether oxygens (including phenoxy) is 1. The first-order chi connectivity index (χ1) is 7.60. The number of hydrogen-bond acceptors (Lipinski definition) is 3. The van der Waals surface area contributed by atoms with Gasteiger partial charge in [-0.3, -0.25) is 4.79 Å². The number of methoxy groups -OCH3 is 1. The van der Waals surface area contributed by atoms with E-state index < -0.39 is 17.5 Å². The smallest absolute Gasteiger partial charge is 0.309 e. The number of aliphatic carboxylic acids is 1. The Balaban J connectivity index is 2.66. The molecule has 2 N–H and O–H groups in total. The van der Waals surface area contributed by atoms with Crippen LogP contribution in [0.5, 0.6) is 0 Å². The van der Waals surface area contributed by atoms with E-state index >= 15 is 0 Å². The van der Waals surface area contributed by atoms with Gasteiger partial charge >= 0.3 is 5.97 Å². The molecule has 0 aromatic heterocycles. The predicted molar refractivity (Wildman–Crippen MR) is 60.3 cm³/mol. The van der Waals surface area contributed by atoms with Crippen molar-refractivity contribution in [2.24, 2.45) is 5.41 Å². The third kappa shape index (κ3) is 3.46. The highest BCUT2D eigenvalue weighted by Gasteiger charge is 2.40. The molecule has 1 atom stereocenters. The molecule has 0 spiro atoms. The lowest BCUT2D eigenvalue weighted by molar-refractivity contribution is -0.152. The molecule has 0 aliphatic heterocycles. The standard InChI is InChI=1S/C12H22O4/c1-16-9-10(13)8-12(11(14)15)6-4-2-3-5-7-12/h10,13H,2-9H2,1H3,(H,14,15). The molecule has 0 aromatic rings. The monoisotopic (exact) mass is 230 g/mol. The van der Waals surface area contributed by atoms with Gasteiger partial charge in [0, 0.05) is 7.11 Å². The Labute approximate surface area is 96.6 Å². The number of rotatable bonds is 5. The number of carboxylic acid groups (broad SMARTS) is 1. The fourth-order valence-electron chi connectivity index (χ4n) is 2.61. The number of carboxylic acids is 1. The molecule has 0 heterocycles. The minimum Gasteiger partial charge on any atom is -0.481 e. The summed E-state index contributed by atoms with van der Waals surface area (Å²) in [7, 11) is 1.52. The van der Waals surface area contributed by atoms with Crippen LogP contribution in [0.1, 0.15) is 44.9 Å². The van der Waals surface area contributed by atoms with Crippen LogP contribution in [0.3, 0.4) is 0 Å². The molecule has 94 valence electrons. The maximum Gasteiger partial charge on any atom is 0.309 e. The van der Waals surface area contributed by atoms with E-state index in [-0.39, 0.29) is 6.61 Å². The zero-order valence-electron chi connectivity index (χ0n) is 9.95. The Morgan fingerprint density at radius 1 is 1.31 bits per heavy atom.